The maximum Gasteiger partial charge on any atom is 0.315 e. The molecule has 136 valence electrons. The largest absolute Gasteiger partial charge is 0.338 e. The van der Waals surface area contributed by atoms with Gasteiger partial charge in [-0.25, -0.2) is 4.79 Å². The van der Waals surface area contributed by atoms with E-state index < -0.39 is 0 Å². The summed E-state index contributed by atoms with van der Waals surface area (Å²) in [6, 6.07) is 8.97. The summed E-state index contributed by atoms with van der Waals surface area (Å²) in [5, 5.41) is 6.25. The van der Waals surface area contributed by atoms with Gasteiger partial charge >= 0.3 is 6.03 Å². The van der Waals surface area contributed by atoms with E-state index >= 15 is 0 Å². The van der Waals surface area contributed by atoms with E-state index in [1.807, 2.05) is 6.92 Å². The second-order valence-corrected chi connectivity index (χ2v) is 7.60. The highest BCUT2D eigenvalue weighted by Crippen LogP contribution is 2.39. The van der Waals surface area contributed by atoms with Gasteiger partial charge in [-0.1, -0.05) is 24.3 Å². The topological polar surface area (TPSA) is 66.9 Å². The van der Waals surface area contributed by atoms with Crippen LogP contribution in [0.2, 0.25) is 0 Å². The third-order valence-corrected chi connectivity index (χ3v) is 5.81. The average molecular weight is 350 g/mol. The molecule has 1 heterocycles. The fraction of sp³-hybridized carbons (Fsp3) is 0.476. The van der Waals surface area contributed by atoms with Gasteiger partial charge in [0.2, 0.25) is 0 Å². The van der Waals surface area contributed by atoms with E-state index in [9.17, 15) is 4.79 Å². The van der Waals surface area contributed by atoms with Crippen molar-refractivity contribution in [2.75, 3.05) is 6.54 Å². The number of aromatic nitrogens is 2. The predicted octanol–water partition coefficient (Wildman–Crippen LogP) is 2.82. The highest BCUT2D eigenvalue weighted by Gasteiger charge is 2.39. The van der Waals surface area contributed by atoms with Crippen molar-refractivity contribution in [3.63, 3.8) is 0 Å². The van der Waals surface area contributed by atoms with Crippen molar-refractivity contribution in [1.29, 1.82) is 0 Å². The summed E-state index contributed by atoms with van der Waals surface area (Å²) < 4.78 is 0. The maximum absolute atomic E-state index is 12.4. The number of urea groups is 1. The Labute approximate surface area is 154 Å². The second-order valence-electron chi connectivity index (χ2n) is 7.60. The van der Waals surface area contributed by atoms with Crippen LogP contribution >= 0.6 is 0 Å². The van der Waals surface area contributed by atoms with Crippen LogP contribution in [0.5, 0.6) is 0 Å². The number of amides is 2. The fourth-order valence-corrected chi connectivity index (χ4v) is 4.44. The van der Waals surface area contributed by atoms with Crippen molar-refractivity contribution in [2.24, 2.45) is 11.8 Å². The van der Waals surface area contributed by atoms with Gasteiger partial charge in [-0.15, -0.1) is 0 Å². The lowest BCUT2D eigenvalue weighted by Gasteiger charge is -2.23. The molecule has 26 heavy (non-hydrogen) atoms. The molecule has 1 fully saturated rings. The molecule has 2 aromatic rings. The molecular formula is C21H26N4O. The van der Waals surface area contributed by atoms with Gasteiger partial charge in [0.1, 0.15) is 0 Å². The minimum absolute atomic E-state index is 0.0575. The van der Waals surface area contributed by atoms with Gasteiger partial charge in [-0.2, -0.15) is 0 Å². The van der Waals surface area contributed by atoms with Gasteiger partial charge in [0.15, 0.2) is 0 Å². The molecule has 0 radical (unpaired) electrons. The molecule has 2 atom stereocenters. The summed E-state index contributed by atoms with van der Waals surface area (Å²) in [5.74, 6) is 1.11. The van der Waals surface area contributed by atoms with Gasteiger partial charge in [0, 0.05) is 31.4 Å². The van der Waals surface area contributed by atoms with Crippen molar-refractivity contribution in [3.8, 4) is 0 Å². The first-order valence-corrected chi connectivity index (χ1v) is 9.57. The number of nitrogens with zero attached hydrogens (tertiary/aromatic N) is 2. The number of benzene rings is 1. The van der Waals surface area contributed by atoms with Crippen LogP contribution in [-0.2, 0) is 19.3 Å². The minimum atomic E-state index is -0.0575. The normalized spacial score (nSPS) is 23.8. The number of hydrogen-bond acceptors (Lipinski definition) is 3. The molecule has 0 aliphatic heterocycles. The van der Waals surface area contributed by atoms with E-state index in [1.165, 1.54) is 24.0 Å². The maximum atomic E-state index is 12.4. The lowest BCUT2D eigenvalue weighted by Crippen LogP contribution is -2.47. The predicted molar refractivity (Wildman–Crippen MR) is 101 cm³/mol. The summed E-state index contributed by atoms with van der Waals surface area (Å²) in [7, 11) is 0. The van der Waals surface area contributed by atoms with Gasteiger partial charge in [-0.3, -0.25) is 9.97 Å². The van der Waals surface area contributed by atoms with Gasteiger partial charge in [-0.05, 0) is 55.6 Å². The van der Waals surface area contributed by atoms with Gasteiger partial charge in [0.05, 0.1) is 11.4 Å². The summed E-state index contributed by atoms with van der Waals surface area (Å²) in [4.78, 5) is 21.0. The first-order chi connectivity index (χ1) is 12.7. The molecular weight excluding hydrogens is 324 g/mol. The lowest BCUT2D eigenvalue weighted by atomic mass is 9.94. The number of hydrogen-bond donors (Lipinski definition) is 2. The number of fused-ring (bicyclic) bond motifs is 3. The van der Waals surface area contributed by atoms with Crippen molar-refractivity contribution < 1.29 is 4.79 Å². The fourth-order valence-electron chi connectivity index (χ4n) is 4.44. The van der Waals surface area contributed by atoms with Gasteiger partial charge < -0.3 is 10.6 Å². The molecule has 2 N–H and O–H groups in total. The second kappa shape index (κ2) is 7.44. The van der Waals surface area contributed by atoms with E-state index in [0.717, 1.165) is 24.2 Å². The first-order valence-electron chi connectivity index (χ1n) is 9.57. The molecule has 2 unspecified atom stereocenters. The molecule has 5 heteroatoms. The Morgan fingerprint density at radius 3 is 2.38 bits per heavy atom. The summed E-state index contributed by atoms with van der Waals surface area (Å²) in [6.45, 7) is 2.49. The molecule has 4 rings (SSSR count). The zero-order chi connectivity index (χ0) is 17.9. The third-order valence-electron chi connectivity index (χ3n) is 5.81. The summed E-state index contributed by atoms with van der Waals surface area (Å²) in [6.07, 6.45) is 8.82. The number of rotatable bonds is 4. The van der Waals surface area contributed by atoms with Crippen molar-refractivity contribution in [2.45, 2.75) is 45.1 Å². The van der Waals surface area contributed by atoms with Crippen LogP contribution in [0.1, 0.15) is 35.4 Å². The van der Waals surface area contributed by atoms with Crippen LogP contribution in [0.15, 0.2) is 36.7 Å². The van der Waals surface area contributed by atoms with Crippen LogP contribution in [-0.4, -0.2) is 28.6 Å². The van der Waals surface area contributed by atoms with Crippen LogP contribution in [0.3, 0.4) is 0 Å². The summed E-state index contributed by atoms with van der Waals surface area (Å²) >= 11 is 0. The van der Waals surface area contributed by atoms with E-state index in [4.69, 9.17) is 0 Å². The van der Waals surface area contributed by atoms with Crippen LogP contribution < -0.4 is 10.6 Å². The molecule has 2 aliphatic rings. The first kappa shape index (κ1) is 17.0. The van der Waals surface area contributed by atoms with Crippen LogP contribution in [0, 0.1) is 18.8 Å². The number of nitrogens with one attached hydrogen (secondary N) is 2. The molecule has 0 saturated heterocycles. The Balaban J connectivity index is 1.31. The standard InChI is InChI=1S/C21H26N4O/c1-14-12-24-19(13-23-14)8-9-22-21(26)25-20-17-6-7-18(20)11-16-5-3-2-4-15(16)10-17/h2-5,12-13,17-18,20H,6-11H2,1H3,(H2,22,25,26). The number of aryl methyl sites for hydroxylation is 1. The molecule has 2 bridgehead atoms. The zero-order valence-corrected chi connectivity index (χ0v) is 15.2. The Bertz CT molecular complexity index is 741. The van der Waals surface area contributed by atoms with E-state index in [1.54, 1.807) is 12.4 Å². The Morgan fingerprint density at radius 2 is 1.77 bits per heavy atom. The summed E-state index contributed by atoms with van der Waals surface area (Å²) in [5.41, 5.74) is 4.74. The molecule has 2 amide bonds. The van der Waals surface area contributed by atoms with E-state index in [2.05, 4.69) is 44.9 Å². The Kier molecular flexibility index (Phi) is 4.87. The molecule has 1 saturated carbocycles. The average Bonchev–Trinajstić information content (AvgIpc) is 2.91. The van der Waals surface area contributed by atoms with Crippen LogP contribution in [0.4, 0.5) is 4.79 Å². The highest BCUT2D eigenvalue weighted by atomic mass is 16.2. The SMILES string of the molecule is Cc1cnc(CCNC(=O)NC2C3CCC2Cc2ccccc2C3)cn1. The number of carbonyl (C=O) groups is 1. The van der Waals surface area contributed by atoms with E-state index in [0.29, 0.717) is 24.8 Å². The van der Waals surface area contributed by atoms with Crippen LogP contribution in [0.25, 0.3) is 0 Å². The Hall–Kier alpha value is -2.43. The Morgan fingerprint density at radius 1 is 1.08 bits per heavy atom. The highest BCUT2D eigenvalue weighted by molar-refractivity contribution is 5.74. The number of carbonyl (C=O) groups excluding carboxylic acids is 1. The molecule has 1 aromatic carbocycles. The lowest BCUT2D eigenvalue weighted by molar-refractivity contribution is 0.228. The molecule has 1 aromatic heterocycles. The van der Waals surface area contributed by atoms with Gasteiger partial charge in [0.25, 0.3) is 0 Å². The van der Waals surface area contributed by atoms with E-state index in [-0.39, 0.29) is 12.1 Å². The minimum Gasteiger partial charge on any atom is -0.338 e. The molecule has 2 aliphatic carbocycles. The zero-order valence-electron chi connectivity index (χ0n) is 15.2. The van der Waals surface area contributed by atoms with Crippen molar-refractivity contribution in [1.82, 2.24) is 20.6 Å². The van der Waals surface area contributed by atoms with Crippen molar-refractivity contribution >= 4 is 6.03 Å². The molecule has 5 nitrogen and oxygen atoms in total. The monoisotopic (exact) mass is 350 g/mol. The molecule has 0 spiro atoms. The smallest absolute Gasteiger partial charge is 0.315 e. The van der Waals surface area contributed by atoms with Crippen molar-refractivity contribution in [3.05, 3.63) is 59.2 Å². The quantitative estimate of drug-likeness (QED) is 0.891. The third kappa shape index (κ3) is 3.71.